The number of hydrogen-bond donors (Lipinski definition) is 1. The molecule has 7 heteroatoms. The average molecular weight is 313 g/mol. The molecular weight excluding hydrogens is 295 g/mol. The lowest BCUT2D eigenvalue weighted by Gasteiger charge is -2.20. The number of hydrogen-bond acceptors (Lipinski definition) is 3. The van der Waals surface area contributed by atoms with Crippen LogP contribution in [0.25, 0.3) is 0 Å². The van der Waals surface area contributed by atoms with E-state index in [1.807, 2.05) is 6.92 Å². The Hall–Kier alpha value is -2.05. The van der Waals surface area contributed by atoms with Gasteiger partial charge in [0, 0.05) is 6.42 Å². The van der Waals surface area contributed by atoms with Crippen molar-refractivity contribution in [3.8, 4) is 5.75 Å². The summed E-state index contributed by atoms with van der Waals surface area (Å²) in [7, 11) is 0. The third-order valence-electron chi connectivity index (χ3n) is 3.49. The number of alkyl halides is 3. The molecule has 0 radical (unpaired) electrons. The van der Waals surface area contributed by atoms with E-state index in [-0.39, 0.29) is 5.92 Å². The molecule has 2 rings (SSSR count). The van der Waals surface area contributed by atoms with Gasteiger partial charge >= 0.3 is 6.18 Å². The molecule has 1 heterocycles. The quantitative estimate of drug-likeness (QED) is 0.878. The predicted octanol–water partition coefficient (Wildman–Crippen LogP) is 3.96. The van der Waals surface area contributed by atoms with Gasteiger partial charge in [0.2, 0.25) is 0 Å². The lowest BCUT2D eigenvalue weighted by molar-refractivity contribution is -0.137. The highest BCUT2D eigenvalue weighted by molar-refractivity contribution is 5.41. The first-order valence-electron chi connectivity index (χ1n) is 7.14. The van der Waals surface area contributed by atoms with Crippen molar-refractivity contribution in [3.63, 3.8) is 0 Å². The van der Waals surface area contributed by atoms with Crippen LogP contribution in [-0.4, -0.2) is 22.0 Å². The van der Waals surface area contributed by atoms with Crippen LogP contribution < -0.4 is 4.74 Å². The van der Waals surface area contributed by atoms with Crippen molar-refractivity contribution in [1.82, 2.24) is 15.4 Å². The van der Waals surface area contributed by atoms with Gasteiger partial charge in [-0.3, -0.25) is 0 Å². The van der Waals surface area contributed by atoms with Gasteiger partial charge in [-0.1, -0.05) is 6.92 Å². The molecule has 0 aliphatic rings. The molecule has 2 aromatic rings. The second-order valence-electron chi connectivity index (χ2n) is 4.95. The third-order valence-corrected chi connectivity index (χ3v) is 3.49. The Morgan fingerprint density at radius 1 is 1.27 bits per heavy atom. The summed E-state index contributed by atoms with van der Waals surface area (Å²) in [6.07, 6.45) is -1.61. The number of rotatable bonds is 6. The minimum Gasteiger partial charge on any atom is -0.494 e. The Morgan fingerprint density at radius 2 is 2.05 bits per heavy atom. The zero-order valence-electron chi connectivity index (χ0n) is 12.4. The molecule has 0 aliphatic carbocycles. The van der Waals surface area contributed by atoms with Crippen molar-refractivity contribution in [2.75, 3.05) is 6.61 Å². The highest BCUT2D eigenvalue weighted by Crippen LogP contribution is 2.37. The van der Waals surface area contributed by atoms with Crippen LogP contribution in [0.15, 0.2) is 24.4 Å². The number of nitrogens with zero attached hydrogens (tertiary/aromatic N) is 2. The maximum Gasteiger partial charge on any atom is 0.416 e. The first-order valence-corrected chi connectivity index (χ1v) is 7.14. The highest BCUT2D eigenvalue weighted by atomic mass is 19.4. The summed E-state index contributed by atoms with van der Waals surface area (Å²) in [6, 6.07) is 3.63. The van der Waals surface area contributed by atoms with E-state index in [1.54, 1.807) is 13.1 Å². The van der Waals surface area contributed by atoms with Crippen molar-refractivity contribution in [1.29, 1.82) is 0 Å². The first-order chi connectivity index (χ1) is 10.5. The minimum atomic E-state index is -4.37. The second kappa shape index (κ2) is 6.81. The fraction of sp³-hybridized carbons (Fsp3) is 0.467. The summed E-state index contributed by atoms with van der Waals surface area (Å²) in [6.45, 7) is 4.14. The normalized spacial score (nSPS) is 13.1. The van der Waals surface area contributed by atoms with Gasteiger partial charge in [0.05, 0.1) is 24.1 Å². The molecule has 1 aromatic carbocycles. The topological polar surface area (TPSA) is 50.8 Å². The van der Waals surface area contributed by atoms with Gasteiger partial charge in [-0.15, -0.1) is 0 Å². The summed E-state index contributed by atoms with van der Waals surface area (Å²) < 4.78 is 44.4. The Morgan fingerprint density at radius 3 is 2.59 bits per heavy atom. The highest BCUT2D eigenvalue weighted by Gasteiger charge is 2.32. The molecule has 1 N–H and O–H groups in total. The molecule has 0 amide bonds. The van der Waals surface area contributed by atoms with Gasteiger partial charge in [-0.2, -0.15) is 28.6 Å². The molecule has 1 aromatic heterocycles. The smallest absolute Gasteiger partial charge is 0.416 e. The number of benzene rings is 1. The van der Waals surface area contributed by atoms with E-state index in [0.717, 1.165) is 6.07 Å². The van der Waals surface area contributed by atoms with E-state index in [2.05, 4.69) is 15.4 Å². The monoisotopic (exact) mass is 313 g/mol. The van der Waals surface area contributed by atoms with Crippen LogP contribution in [-0.2, 0) is 12.6 Å². The zero-order chi connectivity index (χ0) is 16.2. The number of aromatic nitrogens is 3. The lowest BCUT2D eigenvalue weighted by atomic mass is 9.90. The molecule has 22 heavy (non-hydrogen) atoms. The van der Waals surface area contributed by atoms with Gasteiger partial charge < -0.3 is 4.74 Å². The van der Waals surface area contributed by atoms with Crippen molar-refractivity contribution in [2.45, 2.75) is 38.8 Å². The molecule has 0 saturated carbocycles. The SMILES string of the molecule is CCOc1ccc(C(F)(F)F)cc1C(CC)Cc1cn[nH]n1. The van der Waals surface area contributed by atoms with E-state index in [0.29, 0.717) is 36.5 Å². The van der Waals surface area contributed by atoms with Crippen LogP contribution in [0.4, 0.5) is 13.2 Å². The van der Waals surface area contributed by atoms with Gasteiger partial charge in [-0.25, -0.2) is 0 Å². The van der Waals surface area contributed by atoms with Gasteiger partial charge in [-0.05, 0) is 43.0 Å². The molecule has 0 saturated heterocycles. The third kappa shape index (κ3) is 3.78. The maximum absolute atomic E-state index is 13.0. The Kier molecular flexibility index (Phi) is 5.05. The van der Waals surface area contributed by atoms with Gasteiger partial charge in [0.15, 0.2) is 0 Å². The number of ether oxygens (including phenoxy) is 1. The van der Waals surface area contributed by atoms with Crippen molar-refractivity contribution >= 4 is 0 Å². The molecule has 1 atom stereocenters. The van der Waals surface area contributed by atoms with Crippen LogP contribution in [0.5, 0.6) is 5.75 Å². The van der Waals surface area contributed by atoms with E-state index in [1.165, 1.54) is 12.1 Å². The Labute approximate surface area is 126 Å². The zero-order valence-corrected chi connectivity index (χ0v) is 12.4. The molecule has 1 unspecified atom stereocenters. The van der Waals surface area contributed by atoms with Gasteiger partial charge in [0.1, 0.15) is 5.75 Å². The number of nitrogens with one attached hydrogen (secondary N) is 1. The lowest BCUT2D eigenvalue weighted by Crippen LogP contribution is -2.10. The van der Waals surface area contributed by atoms with E-state index < -0.39 is 11.7 Å². The van der Waals surface area contributed by atoms with Crippen LogP contribution in [0.3, 0.4) is 0 Å². The fourth-order valence-electron chi connectivity index (χ4n) is 2.38. The number of halogens is 3. The van der Waals surface area contributed by atoms with Crippen LogP contribution in [0, 0.1) is 0 Å². The molecule has 4 nitrogen and oxygen atoms in total. The summed E-state index contributed by atoms with van der Waals surface area (Å²) in [5.41, 5.74) is 0.610. The van der Waals surface area contributed by atoms with Crippen LogP contribution >= 0.6 is 0 Å². The summed E-state index contributed by atoms with van der Waals surface area (Å²) in [5.74, 6) is 0.375. The standard InChI is InChI=1S/C15H18F3N3O/c1-3-10(7-12-9-19-21-20-12)13-8-11(15(16,17)18)5-6-14(13)22-4-2/h5-6,8-10H,3-4,7H2,1-2H3,(H,19,20,21). The fourth-order valence-corrected chi connectivity index (χ4v) is 2.38. The summed E-state index contributed by atoms with van der Waals surface area (Å²) >= 11 is 0. The van der Waals surface area contributed by atoms with Crippen LogP contribution in [0.2, 0.25) is 0 Å². The molecular formula is C15H18F3N3O. The van der Waals surface area contributed by atoms with Gasteiger partial charge in [0.25, 0.3) is 0 Å². The Balaban J connectivity index is 2.39. The van der Waals surface area contributed by atoms with E-state index in [9.17, 15) is 13.2 Å². The summed E-state index contributed by atoms with van der Waals surface area (Å²) in [5, 5.41) is 10.2. The average Bonchev–Trinajstić information content (AvgIpc) is 2.97. The van der Waals surface area contributed by atoms with E-state index in [4.69, 9.17) is 4.74 Å². The maximum atomic E-state index is 13.0. The number of H-pyrrole nitrogens is 1. The van der Waals surface area contributed by atoms with Crippen LogP contribution in [0.1, 0.15) is 43.0 Å². The molecule has 0 spiro atoms. The second-order valence-corrected chi connectivity index (χ2v) is 4.95. The predicted molar refractivity (Wildman–Crippen MR) is 75.7 cm³/mol. The minimum absolute atomic E-state index is 0.117. The van der Waals surface area contributed by atoms with Crippen molar-refractivity contribution < 1.29 is 17.9 Å². The number of aromatic amines is 1. The Bertz CT molecular complexity index is 597. The summed E-state index contributed by atoms with van der Waals surface area (Å²) in [4.78, 5) is 0. The molecule has 0 aliphatic heterocycles. The molecule has 120 valence electrons. The largest absolute Gasteiger partial charge is 0.494 e. The first kappa shape index (κ1) is 16.3. The molecule has 0 fully saturated rings. The van der Waals surface area contributed by atoms with E-state index >= 15 is 0 Å². The van der Waals surface area contributed by atoms with Crippen molar-refractivity contribution in [2.24, 2.45) is 0 Å². The van der Waals surface area contributed by atoms with Crippen molar-refractivity contribution in [3.05, 3.63) is 41.2 Å². The molecule has 0 bridgehead atoms.